The first kappa shape index (κ1) is 33.5. The summed E-state index contributed by atoms with van der Waals surface area (Å²) in [4.78, 5) is 43.7. The maximum Gasteiger partial charge on any atom is 0.250 e. The molecule has 4 heterocycles. The molecule has 3 aromatic rings. The van der Waals surface area contributed by atoms with E-state index in [0.29, 0.717) is 43.1 Å². The van der Waals surface area contributed by atoms with E-state index >= 15 is 0 Å². The molecule has 1 aromatic carbocycles. The van der Waals surface area contributed by atoms with Gasteiger partial charge < -0.3 is 15.1 Å². The van der Waals surface area contributed by atoms with Crippen molar-refractivity contribution in [2.75, 3.05) is 31.9 Å². The van der Waals surface area contributed by atoms with Gasteiger partial charge in [0.1, 0.15) is 16.0 Å². The Hall–Kier alpha value is -2.82. The molecule has 1 unspecified atom stereocenters. The highest BCUT2D eigenvalue weighted by Gasteiger charge is 2.36. The second-order valence-corrected chi connectivity index (χ2v) is 17.8. The SMILES string of the molecule is Cc1ccc(S(=O)(=O)CC(=O)NC[C@@H]2CCCN2C(=O)CN2CCCC(NS(=O)(=O)c3ccc(-c4ccc(Cl)s4)s3)C2=O)cc1. The smallest absolute Gasteiger partial charge is 0.250 e. The van der Waals surface area contributed by atoms with Gasteiger partial charge in [0.2, 0.25) is 17.7 Å². The topological polar surface area (TPSA) is 150 Å². The summed E-state index contributed by atoms with van der Waals surface area (Å²) in [6.07, 6.45) is 2.15. The van der Waals surface area contributed by atoms with Gasteiger partial charge in [0, 0.05) is 35.4 Å². The average molecular weight is 713 g/mol. The van der Waals surface area contributed by atoms with E-state index in [9.17, 15) is 31.2 Å². The van der Waals surface area contributed by atoms with Crippen LogP contribution in [0.3, 0.4) is 0 Å². The number of likely N-dealkylation sites (tertiary alicyclic amines) is 2. The fourth-order valence-corrected chi connectivity index (χ4v) is 10.3. The molecule has 2 N–H and O–H groups in total. The fourth-order valence-electron chi connectivity index (χ4n) is 5.41. The van der Waals surface area contributed by atoms with E-state index in [4.69, 9.17) is 11.6 Å². The summed E-state index contributed by atoms with van der Waals surface area (Å²) >= 11 is 8.44. The molecule has 2 saturated heterocycles. The fraction of sp³-hybridized carbons (Fsp3) is 0.414. The van der Waals surface area contributed by atoms with Crippen LogP contribution in [0.2, 0.25) is 4.34 Å². The van der Waals surface area contributed by atoms with E-state index in [1.807, 2.05) is 13.0 Å². The van der Waals surface area contributed by atoms with Crippen LogP contribution in [0.25, 0.3) is 9.75 Å². The van der Waals surface area contributed by atoms with Crippen LogP contribution in [-0.2, 0) is 34.2 Å². The standard InChI is InChI=1S/C29H33ClN4O7S4/c1-19-6-8-21(9-7-19)44(38,39)18-26(35)31-16-20-4-2-15-34(20)27(36)17-33-14-3-5-22(29(33)37)32-45(40,41)28-13-11-24(43-28)23-10-12-25(30)42-23/h6-13,20,22,32H,2-5,14-18H2,1H3,(H,31,35)/t20-,22?/m0/s1. The monoisotopic (exact) mass is 712 g/mol. The van der Waals surface area contributed by atoms with E-state index in [2.05, 4.69) is 10.0 Å². The van der Waals surface area contributed by atoms with Crippen molar-refractivity contribution in [3.8, 4) is 9.75 Å². The molecule has 45 heavy (non-hydrogen) atoms. The number of thiophene rings is 2. The lowest BCUT2D eigenvalue weighted by Gasteiger charge is -2.34. The van der Waals surface area contributed by atoms with Crippen LogP contribution in [0, 0.1) is 6.92 Å². The zero-order chi connectivity index (χ0) is 32.4. The molecular formula is C29H33ClN4O7S4. The second-order valence-electron chi connectivity index (χ2n) is 11.1. The van der Waals surface area contributed by atoms with Crippen LogP contribution in [0.5, 0.6) is 0 Å². The predicted octanol–water partition coefficient (Wildman–Crippen LogP) is 3.29. The van der Waals surface area contributed by atoms with Crippen LogP contribution in [0.1, 0.15) is 31.2 Å². The van der Waals surface area contributed by atoms with Crippen molar-refractivity contribution in [2.45, 2.75) is 53.8 Å². The molecule has 2 aliphatic heterocycles. The Balaban J connectivity index is 1.14. The van der Waals surface area contributed by atoms with E-state index in [1.54, 1.807) is 29.2 Å². The number of amides is 3. The number of piperidine rings is 1. The van der Waals surface area contributed by atoms with Gasteiger partial charge in [-0.3, -0.25) is 14.4 Å². The van der Waals surface area contributed by atoms with Crippen molar-refractivity contribution in [1.82, 2.24) is 19.8 Å². The molecule has 2 atom stereocenters. The third kappa shape index (κ3) is 8.13. The molecular weight excluding hydrogens is 680 g/mol. The summed E-state index contributed by atoms with van der Waals surface area (Å²) in [5.74, 6) is -2.14. The minimum absolute atomic E-state index is 0.0663. The quantitative estimate of drug-likeness (QED) is 0.310. The zero-order valence-electron chi connectivity index (χ0n) is 24.4. The van der Waals surface area contributed by atoms with Crippen molar-refractivity contribution < 1.29 is 31.2 Å². The van der Waals surface area contributed by atoms with Crippen molar-refractivity contribution in [1.29, 1.82) is 0 Å². The Morgan fingerprint density at radius 3 is 2.33 bits per heavy atom. The Labute approximate surface area is 275 Å². The summed E-state index contributed by atoms with van der Waals surface area (Å²) in [5, 5.41) is 2.65. The molecule has 0 aliphatic carbocycles. The largest absolute Gasteiger partial charge is 0.353 e. The summed E-state index contributed by atoms with van der Waals surface area (Å²) < 4.78 is 54.7. The summed E-state index contributed by atoms with van der Waals surface area (Å²) in [6, 6.07) is 11.7. The van der Waals surface area contributed by atoms with E-state index in [0.717, 1.165) is 26.7 Å². The first-order chi connectivity index (χ1) is 21.3. The maximum atomic E-state index is 13.3. The van der Waals surface area contributed by atoms with Gasteiger partial charge >= 0.3 is 0 Å². The Morgan fingerprint density at radius 1 is 0.933 bits per heavy atom. The number of rotatable bonds is 11. The first-order valence-corrected chi connectivity index (χ1v) is 19.5. The van der Waals surface area contributed by atoms with Crippen molar-refractivity contribution >= 4 is 71.9 Å². The average Bonchev–Trinajstić information content (AvgIpc) is 3.75. The van der Waals surface area contributed by atoms with Crippen LogP contribution in [0.4, 0.5) is 0 Å². The molecule has 16 heteroatoms. The molecule has 3 amide bonds. The molecule has 0 radical (unpaired) electrons. The highest BCUT2D eigenvalue weighted by atomic mass is 35.5. The number of sulfonamides is 1. The molecule has 2 aromatic heterocycles. The highest BCUT2D eigenvalue weighted by molar-refractivity contribution is 7.92. The van der Waals surface area contributed by atoms with Crippen LogP contribution >= 0.6 is 34.3 Å². The summed E-state index contributed by atoms with van der Waals surface area (Å²) in [5.41, 5.74) is 0.904. The third-order valence-corrected chi connectivity index (χ3v) is 13.9. The van der Waals surface area contributed by atoms with Gasteiger partial charge in [-0.15, -0.1) is 22.7 Å². The van der Waals surface area contributed by atoms with Gasteiger partial charge in [0.15, 0.2) is 9.84 Å². The van der Waals surface area contributed by atoms with Gasteiger partial charge in [0.25, 0.3) is 10.0 Å². The van der Waals surface area contributed by atoms with Crippen molar-refractivity contribution in [2.24, 2.45) is 0 Å². The Morgan fingerprint density at radius 2 is 1.62 bits per heavy atom. The van der Waals surface area contributed by atoms with Crippen molar-refractivity contribution in [3.05, 3.63) is 58.4 Å². The third-order valence-electron chi connectivity index (χ3n) is 7.75. The molecule has 0 spiro atoms. The van der Waals surface area contributed by atoms with Gasteiger partial charge in [0.05, 0.1) is 15.8 Å². The molecule has 11 nitrogen and oxygen atoms in total. The number of aryl methyl sites for hydroxylation is 1. The lowest BCUT2D eigenvalue weighted by Crippen LogP contribution is -2.55. The summed E-state index contributed by atoms with van der Waals surface area (Å²) in [7, 11) is -7.80. The number of halogens is 1. The van der Waals surface area contributed by atoms with Gasteiger partial charge in [-0.1, -0.05) is 29.3 Å². The van der Waals surface area contributed by atoms with Crippen molar-refractivity contribution in [3.63, 3.8) is 0 Å². The molecule has 2 fully saturated rings. The highest BCUT2D eigenvalue weighted by Crippen LogP contribution is 2.37. The Kier molecular flexibility index (Phi) is 10.4. The van der Waals surface area contributed by atoms with Crippen LogP contribution in [-0.4, -0.2) is 88.4 Å². The lowest BCUT2D eigenvalue weighted by atomic mass is 10.1. The first-order valence-electron chi connectivity index (χ1n) is 14.3. The number of benzene rings is 1. The molecule has 2 aliphatic rings. The number of carbonyl (C=O) groups excluding carboxylic acids is 3. The number of carbonyl (C=O) groups is 3. The summed E-state index contributed by atoms with van der Waals surface area (Å²) in [6.45, 7) is 2.47. The maximum absolute atomic E-state index is 13.3. The van der Waals surface area contributed by atoms with E-state index in [-0.39, 0.29) is 34.1 Å². The predicted molar refractivity (Wildman–Crippen MR) is 174 cm³/mol. The number of sulfone groups is 1. The van der Waals surface area contributed by atoms with Gasteiger partial charge in [-0.25, -0.2) is 16.8 Å². The number of nitrogens with one attached hydrogen (secondary N) is 2. The normalized spacial score (nSPS) is 19.2. The van der Waals surface area contributed by atoms with E-state index in [1.165, 1.54) is 34.4 Å². The molecule has 0 bridgehead atoms. The molecule has 0 saturated carbocycles. The number of nitrogens with zero attached hydrogens (tertiary/aromatic N) is 2. The van der Waals surface area contributed by atoms with E-state index < -0.39 is 43.5 Å². The van der Waals surface area contributed by atoms with Crippen LogP contribution in [0.15, 0.2) is 57.6 Å². The second kappa shape index (κ2) is 13.9. The zero-order valence-corrected chi connectivity index (χ0v) is 28.4. The minimum atomic E-state index is -3.98. The van der Waals surface area contributed by atoms with Gasteiger partial charge in [-0.2, -0.15) is 4.72 Å². The number of hydrogen-bond acceptors (Lipinski definition) is 9. The Bertz CT molecular complexity index is 1790. The lowest BCUT2D eigenvalue weighted by molar-refractivity contribution is -0.143. The number of hydrogen-bond donors (Lipinski definition) is 2. The minimum Gasteiger partial charge on any atom is -0.353 e. The van der Waals surface area contributed by atoms with Crippen LogP contribution < -0.4 is 10.0 Å². The van der Waals surface area contributed by atoms with Gasteiger partial charge in [-0.05, 0) is 69.0 Å². The molecule has 5 rings (SSSR count). The molecule has 242 valence electrons.